The van der Waals surface area contributed by atoms with Gasteiger partial charge >= 0.3 is 5.97 Å². The summed E-state index contributed by atoms with van der Waals surface area (Å²) in [7, 11) is 0. The first-order valence-electron chi connectivity index (χ1n) is 13.4. The van der Waals surface area contributed by atoms with E-state index >= 15 is 0 Å². The fourth-order valence-corrected chi connectivity index (χ4v) is 4.46. The van der Waals surface area contributed by atoms with Crippen molar-refractivity contribution in [2.24, 2.45) is 5.92 Å². The third-order valence-electron chi connectivity index (χ3n) is 6.58. The molecule has 1 saturated heterocycles. The fraction of sp³-hybridized carbons (Fsp3) is 0.483. The summed E-state index contributed by atoms with van der Waals surface area (Å²) >= 11 is 0. The normalized spacial score (nSPS) is 18.0. The SMILES string of the molecule is C/C=C/c1ccc2ccc([C@@H](C)OC(=O)[C@@H]3CCCN(C(=O)[C@H](C)NC(=O)[C@@H](NC(C)=O)C(C)C)N3)nc2c1. The van der Waals surface area contributed by atoms with Crippen LogP contribution in [0.25, 0.3) is 17.0 Å². The molecule has 0 unspecified atom stereocenters. The second kappa shape index (κ2) is 13.3. The highest BCUT2D eigenvalue weighted by molar-refractivity contribution is 5.92. The Labute approximate surface area is 229 Å². The molecule has 10 nitrogen and oxygen atoms in total. The molecule has 2 heterocycles. The Bertz CT molecular complexity index is 1240. The van der Waals surface area contributed by atoms with Crippen LogP contribution in [-0.2, 0) is 23.9 Å². The molecule has 0 saturated carbocycles. The van der Waals surface area contributed by atoms with Crippen molar-refractivity contribution < 1.29 is 23.9 Å². The van der Waals surface area contributed by atoms with E-state index in [-0.39, 0.29) is 17.7 Å². The van der Waals surface area contributed by atoms with Gasteiger partial charge in [-0.05, 0) is 57.2 Å². The van der Waals surface area contributed by atoms with E-state index in [1.165, 1.54) is 11.9 Å². The lowest BCUT2D eigenvalue weighted by molar-refractivity contribution is -0.157. The average Bonchev–Trinajstić information content (AvgIpc) is 2.90. The Balaban J connectivity index is 1.61. The molecule has 2 aromatic rings. The summed E-state index contributed by atoms with van der Waals surface area (Å²) in [5.74, 6) is -1.78. The van der Waals surface area contributed by atoms with Gasteiger partial charge in [0.25, 0.3) is 5.91 Å². The molecule has 1 aromatic heterocycles. The summed E-state index contributed by atoms with van der Waals surface area (Å²) in [4.78, 5) is 54.9. The second-order valence-electron chi connectivity index (χ2n) is 10.2. The minimum atomic E-state index is -0.858. The number of pyridine rings is 1. The smallest absolute Gasteiger partial charge is 0.325 e. The van der Waals surface area contributed by atoms with Crippen LogP contribution in [0.3, 0.4) is 0 Å². The lowest BCUT2D eigenvalue weighted by Crippen LogP contribution is -2.60. The number of amides is 3. The Hall–Kier alpha value is -3.79. The number of ether oxygens (including phenoxy) is 1. The van der Waals surface area contributed by atoms with Gasteiger partial charge < -0.3 is 15.4 Å². The van der Waals surface area contributed by atoms with Crippen LogP contribution in [0.5, 0.6) is 0 Å². The topological polar surface area (TPSA) is 130 Å². The molecule has 3 rings (SSSR count). The van der Waals surface area contributed by atoms with Crippen LogP contribution in [0.4, 0.5) is 0 Å². The maximum atomic E-state index is 13.1. The fourth-order valence-electron chi connectivity index (χ4n) is 4.46. The molecule has 0 radical (unpaired) electrons. The monoisotopic (exact) mass is 537 g/mol. The molecule has 1 aliphatic heterocycles. The first kappa shape index (κ1) is 29.8. The van der Waals surface area contributed by atoms with Crippen molar-refractivity contribution in [2.45, 2.75) is 78.6 Å². The summed E-state index contributed by atoms with van der Waals surface area (Å²) in [6, 6.07) is 7.48. The van der Waals surface area contributed by atoms with Gasteiger partial charge in [0.2, 0.25) is 11.8 Å². The van der Waals surface area contributed by atoms with Crippen LogP contribution >= 0.6 is 0 Å². The van der Waals surface area contributed by atoms with Crippen molar-refractivity contribution >= 4 is 40.7 Å². The van der Waals surface area contributed by atoms with Gasteiger partial charge in [-0.1, -0.05) is 44.2 Å². The van der Waals surface area contributed by atoms with Gasteiger partial charge in [-0.15, -0.1) is 0 Å². The molecule has 210 valence electrons. The van der Waals surface area contributed by atoms with Gasteiger partial charge in [-0.2, -0.15) is 0 Å². The number of hydrogen-bond acceptors (Lipinski definition) is 7. The number of aromatic nitrogens is 1. The Morgan fingerprint density at radius 1 is 1.10 bits per heavy atom. The molecule has 10 heteroatoms. The van der Waals surface area contributed by atoms with Gasteiger partial charge in [-0.25, -0.2) is 10.4 Å². The zero-order valence-electron chi connectivity index (χ0n) is 23.5. The lowest BCUT2D eigenvalue weighted by atomic mass is 10.0. The number of nitrogens with one attached hydrogen (secondary N) is 3. The van der Waals surface area contributed by atoms with E-state index in [1.807, 2.05) is 63.3 Å². The summed E-state index contributed by atoms with van der Waals surface area (Å²) in [5.41, 5.74) is 5.44. The lowest BCUT2D eigenvalue weighted by Gasteiger charge is -2.35. The number of allylic oxidation sites excluding steroid dienone is 1. The maximum Gasteiger partial charge on any atom is 0.325 e. The highest BCUT2D eigenvalue weighted by Gasteiger charge is 2.33. The molecule has 3 amide bonds. The predicted octanol–water partition coefficient (Wildman–Crippen LogP) is 3.03. The van der Waals surface area contributed by atoms with E-state index in [4.69, 9.17) is 9.72 Å². The summed E-state index contributed by atoms with van der Waals surface area (Å²) in [6.07, 6.45) is 4.47. The molecular formula is C29H39N5O5. The number of hydrazine groups is 1. The molecule has 1 fully saturated rings. The predicted molar refractivity (Wildman–Crippen MR) is 149 cm³/mol. The molecule has 3 N–H and O–H groups in total. The van der Waals surface area contributed by atoms with E-state index in [2.05, 4.69) is 16.1 Å². The number of esters is 1. The number of nitrogens with zero attached hydrogens (tertiary/aromatic N) is 2. The quantitative estimate of drug-likeness (QED) is 0.419. The summed E-state index contributed by atoms with van der Waals surface area (Å²) < 4.78 is 5.72. The van der Waals surface area contributed by atoms with E-state index in [0.29, 0.717) is 25.1 Å². The van der Waals surface area contributed by atoms with E-state index < -0.39 is 36.1 Å². The summed E-state index contributed by atoms with van der Waals surface area (Å²) in [5, 5.41) is 7.63. The van der Waals surface area contributed by atoms with Crippen molar-refractivity contribution in [2.75, 3.05) is 6.54 Å². The minimum Gasteiger partial charge on any atom is -0.455 e. The Kier molecular flexibility index (Phi) is 10.2. The number of rotatable bonds is 9. The van der Waals surface area contributed by atoms with Crippen molar-refractivity contribution in [3.8, 4) is 0 Å². The summed E-state index contributed by atoms with van der Waals surface area (Å²) in [6.45, 7) is 10.6. The van der Waals surface area contributed by atoms with Crippen LogP contribution in [0, 0.1) is 5.92 Å². The van der Waals surface area contributed by atoms with Crippen LogP contribution in [0.2, 0.25) is 0 Å². The van der Waals surface area contributed by atoms with E-state index in [1.54, 1.807) is 13.8 Å². The third kappa shape index (κ3) is 7.86. The largest absolute Gasteiger partial charge is 0.455 e. The van der Waals surface area contributed by atoms with Crippen molar-refractivity contribution in [1.82, 2.24) is 26.1 Å². The Morgan fingerprint density at radius 3 is 2.49 bits per heavy atom. The molecule has 0 bridgehead atoms. The van der Waals surface area contributed by atoms with Crippen molar-refractivity contribution in [1.29, 1.82) is 0 Å². The number of benzene rings is 1. The molecule has 39 heavy (non-hydrogen) atoms. The first-order valence-corrected chi connectivity index (χ1v) is 13.4. The zero-order chi connectivity index (χ0) is 28.7. The van der Waals surface area contributed by atoms with Crippen LogP contribution in [0.1, 0.15) is 71.7 Å². The van der Waals surface area contributed by atoms with Crippen molar-refractivity contribution in [3.05, 3.63) is 47.7 Å². The van der Waals surface area contributed by atoms with E-state index in [9.17, 15) is 19.2 Å². The van der Waals surface area contributed by atoms with Crippen LogP contribution < -0.4 is 16.1 Å². The number of carbonyl (C=O) groups is 4. The van der Waals surface area contributed by atoms with Crippen LogP contribution in [-0.4, -0.2) is 58.4 Å². The molecule has 0 aliphatic carbocycles. The van der Waals surface area contributed by atoms with Gasteiger partial charge in [0.1, 0.15) is 24.2 Å². The second-order valence-corrected chi connectivity index (χ2v) is 10.2. The molecule has 1 aliphatic rings. The number of fused-ring (bicyclic) bond motifs is 1. The molecule has 4 atom stereocenters. The highest BCUT2D eigenvalue weighted by atomic mass is 16.5. The molecular weight excluding hydrogens is 498 g/mol. The van der Waals surface area contributed by atoms with Gasteiger partial charge in [0, 0.05) is 18.9 Å². The number of carbonyl (C=O) groups excluding carboxylic acids is 4. The number of hydrogen-bond donors (Lipinski definition) is 3. The van der Waals surface area contributed by atoms with Gasteiger partial charge in [0.05, 0.1) is 11.2 Å². The van der Waals surface area contributed by atoms with Gasteiger partial charge in [-0.3, -0.25) is 24.2 Å². The Morgan fingerprint density at radius 2 is 1.82 bits per heavy atom. The first-order chi connectivity index (χ1) is 18.5. The standard InChI is InChI=1S/C29H39N5O5/c1-7-9-21-11-12-22-13-14-23(32-25(22)16-21)19(5)39-29(38)24-10-8-15-34(33-24)28(37)18(4)30-27(36)26(17(2)3)31-20(6)35/h7,9,11-14,16-19,24,26,33H,8,10,15H2,1-6H3,(H,30,36)(H,31,35)/b9-7+/t18-,19+,24-,26-/m0/s1. The highest BCUT2D eigenvalue weighted by Crippen LogP contribution is 2.22. The zero-order valence-corrected chi connectivity index (χ0v) is 23.5. The molecule has 1 aromatic carbocycles. The molecule has 0 spiro atoms. The van der Waals surface area contributed by atoms with Crippen molar-refractivity contribution in [3.63, 3.8) is 0 Å². The maximum absolute atomic E-state index is 13.1. The van der Waals surface area contributed by atoms with Crippen LogP contribution in [0.15, 0.2) is 36.4 Å². The van der Waals surface area contributed by atoms with Gasteiger partial charge in [0.15, 0.2) is 0 Å². The van der Waals surface area contributed by atoms with E-state index in [0.717, 1.165) is 16.5 Å². The average molecular weight is 538 g/mol. The third-order valence-corrected chi connectivity index (χ3v) is 6.58. The minimum absolute atomic E-state index is 0.155.